The number of para-hydroxylation sites is 1. The molecule has 0 aromatic heterocycles. The molecule has 0 bridgehead atoms. The van der Waals surface area contributed by atoms with Gasteiger partial charge in [-0.25, -0.2) is 4.79 Å². The van der Waals surface area contributed by atoms with Crippen LogP contribution in [0.15, 0.2) is 18.2 Å². The van der Waals surface area contributed by atoms with Gasteiger partial charge in [0.25, 0.3) is 0 Å². The van der Waals surface area contributed by atoms with Crippen LogP contribution >= 0.6 is 11.6 Å². The summed E-state index contributed by atoms with van der Waals surface area (Å²) in [6, 6.07) is 5.04. The lowest BCUT2D eigenvalue weighted by atomic mass is 10.1. The Kier molecular flexibility index (Phi) is 6.31. The normalized spacial score (nSPS) is 11.8. The first-order valence-electron chi connectivity index (χ1n) is 6.42. The fourth-order valence-electron chi connectivity index (χ4n) is 1.69. The standard InChI is InChI=1S/C14H19ClN2O3/c1-9(6-7-12(18)19)8-16-14(20)17-13-10(2)4-3-5-11(13)15/h3-5,9H,6-8H2,1-2H3,(H,18,19)(H2,16,17,20). The molecule has 5 nitrogen and oxygen atoms in total. The Morgan fingerprint density at radius 2 is 2.10 bits per heavy atom. The van der Waals surface area contributed by atoms with Crippen LogP contribution in [0, 0.1) is 12.8 Å². The van der Waals surface area contributed by atoms with Crippen LogP contribution in [0.5, 0.6) is 0 Å². The van der Waals surface area contributed by atoms with Crippen LogP contribution in [0.3, 0.4) is 0 Å². The SMILES string of the molecule is Cc1cccc(Cl)c1NC(=O)NCC(C)CCC(=O)O. The predicted molar refractivity (Wildman–Crippen MR) is 79.2 cm³/mol. The lowest BCUT2D eigenvalue weighted by molar-refractivity contribution is -0.137. The maximum absolute atomic E-state index is 11.8. The number of carboxylic acid groups (broad SMARTS) is 1. The fourth-order valence-corrected chi connectivity index (χ4v) is 1.96. The number of anilines is 1. The monoisotopic (exact) mass is 298 g/mol. The average Bonchev–Trinajstić information content (AvgIpc) is 2.38. The Morgan fingerprint density at radius 1 is 1.40 bits per heavy atom. The van der Waals surface area contributed by atoms with E-state index < -0.39 is 5.97 Å². The summed E-state index contributed by atoms with van der Waals surface area (Å²) in [6.45, 7) is 4.17. The number of carboxylic acids is 1. The molecule has 0 aliphatic carbocycles. The number of hydrogen-bond acceptors (Lipinski definition) is 2. The Labute approximate surface area is 123 Å². The third-order valence-corrected chi connectivity index (χ3v) is 3.24. The zero-order valence-electron chi connectivity index (χ0n) is 11.6. The number of carbonyl (C=O) groups excluding carboxylic acids is 1. The van der Waals surface area contributed by atoms with Crippen molar-refractivity contribution in [2.24, 2.45) is 5.92 Å². The maximum atomic E-state index is 11.8. The van der Waals surface area contributed by atoms with E-state index >= 15 is 0 Å². The molecule has 0 saturated heterocycles. The van der Waals surface area contributed by atoms with E-state index in [2.05, 4.69) is 10.6 Å². The van der Waals surface area contributed by atoms with Gasteiger partial charge in [0, 0.05) is 13.0 Å². The van der Waals surface area contributed by atoms with E-state index in [0.717, 1.165) is 5.56 Å². The van der Waals surface area contributed by atoms with E-state index in [1.807, 2.05) is 26.0 Å². The summed E-state index contributed by atoms with van der Waals surface area (Å²) in [5, 5.41) is 14.5. The number of urea groups is 1. The third kappa shape index (κ3) is 5.48. The Balaban J connectivity index is 2.42. The van der Waals surface area contributed by atoms with Crippen LogP contribution in [0.25, 0.3) is 0 Å². The Bertz CT molecular complexity index is 471. The molecule has 1 aromatic rings. The van der Waals surface area contributed by atoms with E-state index in [1.165, 1.54) is 0 Å². The average molecular weight is 299 g/mol. The molecule has 1 unspecified atom stereocenters. The number of nitrogens with one attached hydrogen (secondary N) is 2. The third-order valence-electron chi connectivity index (χ3n) is 2.92. The number of halogens is 1. The minimum atomic E-state index is -0.826. The molecule has 0 fully saturated rings. The first-order valence-corrected chi connectivity index (χ1v) is 6.79. The van der Waals surface area contributed by atoms with Gasteiger partial charge in [-0.3, -0.25) is 4.79 Å². The van der Waals surface area contributed by atoms with Crippen molar-refractivity contribution in [1.29, 1.82) is 0 Å². The van der Waals surface area contributed by atoms with Crippen LogP contribution < -0.4 is 10.6 Å². The van der Waals surface area contributed by atoms with Gasteiger partial charge in [0.2, 0.25) is 0 Å². The molecule has 0 aliphatic heterocycles. The minimum absolute atomic E-state index is 0.101. The zero-order chi connectivity index (χ0) is 15.1. The minimum Gasteiger partial charge on any atom is -0.481 e. The molecule has 0 spiro atoms. The molecule has 1 aromatic carbocycles. The molecule has 1 rings (SSSR count). The van der Waals surface area contributed by atoms with Crippen LogP contribution in [0.1, 0.15) is 25.3 Å². The van der Waals surface area contributed by atoms with Gasteiger partial charge in [0.1, 0.15) is 0 Å². The van der Waals surface area contributed by atoms with E-state index in [4.69, 9.17) is 16.7 Å². The first-order chi connectivity index (χ1) is 9.40. The van der Waals surface area contributed by atoms with Crippen molar-refractivity contribution in [2.45, 2.75) is 26.7 Å². The fraction of sp³-hybridized carbons (Fsp3) is 0.429. The molecule has 2 amide bonds. The summed E-state index contributed by atoms with van der Waals surface area (Å²) < 4.78 is 0. The van der Waals surface area contributed by atoms with Crippen LogP contribution in [0.2, 0.25) is 5.02 Å². The summed E-state index contributed by atoms with van der Waals surface area (Å²) in [6.07, 6.45) is 0.634. The van der Waals surface area contributed by atoms with Gasteiger partial charge >= 0.3 is 12.0 Å². The number of rotatable bonds is 6. The predicted octanol–water partition coefficient (Wildman–Crippen LogP) is 3.27. The lowest BCUT2D eigenvalue weighted by Gasteiger charge is -2.14. The van der Waals surface area contributed by atoms with Crippen molar-refractivity contribution in [3.8, 4) is 0 Å². The summed E-state index contributed by atoms with van der Waals surface area (Å²) in [7, 11) is 0. The molecule has 20 heavy (non-hydrogen) atoms. The van der Waals surface area contributed by atoms with Gasteiger partial charge in [0.05, 0.1) is 10.7 Å². The highest BCUT2D eigenvalue weighted by molar-refractivity contribution is 6.33. The largest absolute Gasteiger partial charge is 0.481 e. The van der Waals surface area contributed by atoms with Crippen molar-refractivity contribution in [3.05, 3.63) is 28.8 Å². The van der Waals surface area contributed by atoms with Gasteiger partial charge in [-0.15, -0.1) is 0 Å². The maximum Gasteiger partial charge on any atom is 0.319 e. The second-order valence-electron chi connectivity index (χ2n) is 4.80. The van der Waals surface area contributed by atoms with Gasteiger partial charge in [-0.05, 0) is 30.9 Å². The number of hydrogen-bond donors (Lipinski definition) is 3. The van der Waals surface area contributed by atoms with Gasteiger partial charge < -0.3 is 15.7 Å². The summed E-state index contributed by atoms with van der Waals surface area (Å²) in [5.41, 5.74) is 1.47. The highest BCUT2D eigenvalue weighted by Crippen LogP contribution is 2.24. The Morgan fingerprint density at radius 3 is 2.70 bits per heavy atom. The molecule has 0 aliphatic rings. The molecule has 0 heterocycles. The molecule has 6 heteroatoms. The molecular weight excluding hydrogens is 280 g/mol. The number of carbonyl (C=O) groups is 2. The number of aryl methyl sites for hydroxylation is 1. The topological polar surface area (TPSA) is 78.4 Å². The number of amides is 2. The zero-order valence-corrected chi connectivity index (χ0v) is 12.3. The van der Waals surface area contributed by atoms with Gasteiger partial charge in [-0.2, -0.15) is 0 Å². The van der Waals surface area contributed by atoms with Crippen molar-refractivity contribution in [3.63, 3.8) is 0 Å². The van der Waals surface area contributed by atoms with Crippen molar-refractivity contribution < 1.29 is 14.7 Å². The first kappa shape index (κ1) is 16.3. The highest BCUT2D eigenvalue weighted by Gasteiger charge is 2.10. The van der Waals surface area contributed by atoms with Crippen molar-refractivity contribution in [2.75, 3.05) is 11.9 Å². The highest BCUT2D eigenvalue weighted by atomic mass is 35.5. The van der Waals surface area contributed by atoms with Gasteiger partial charge in [-0.1, -0.05) is 30.7 Å². The van der Waals surface area contributed by atoms with E-state index in [-0.39, 0.29) is 18.4 Å². The second-order valence-corrected chi connectivity index (χ2v) is 5.21. The van der Waals surface area contributed by atoms with Crippen molar-refractivity contribution >= 4 is 29.3 Å². The van der Waals surface area contributed by atoms with Crippen LogP contribution in [0.4, 0.5) is 10.5 Å². The second kappa shape index (κ2) is 7.75. The molecule has 0 saturated carbocycles. The smallest absolute Gasteiger partial charge is 0.319 e. The summed E-state index contributed by atoms with van der Waals surface area (Å²) in [4.78, 5) is 22.2. The summed E-state index contributed by atoms with van der Waals surface area (Å²) in [5.74, 6) is -0.725. The molecule has 0 radical (unpaired) electrons. The molecule has 1 atom stereocenters. The number of benzene rings is 1. The Hall–Kier alpha value is -1.75. The number of aliphatic carboxylic acids is 1. The quantitative estimate of drug-likeness (QED) is 0.754. The molecular formula is C14H19ClN2O3. The van der Waals surface area contributed by atoms with E-state index in [0.29, 0.717) is 23.7 Å². The van der Waals surface area contributed by atoms with Gasteiger partial charge in [0.15, 0.2) is 0 Å². The van der Waals surface area contributed by atoms with Crippen LogP contribution in [-0.4, -0.2) is 23.7 Å². The van der Waals surface area contributed by atoms with Crippen molar-refractivity contribution in [1.82, 2.24) is 5.32 Å². The lowest BCUT2D eigenvalue weighted by Crippen LogP contribution is -2.32. The molecule has 110 valence electrons. The molecule has 3 N–H and O–H groups in total. The van der Waals surface area contributed by atoms with E-state index in [9.17, 15) is 9.59 Å². The summed E-state index contributed by atoms with van der Waals surface area (Å²) >= 11 is 6.01. The van der Waals surface area contributed by atoms with E-state index in [1.54, 1.807) is 6.07 Å². The van der Waals surface area contributed by atoms with Crippen LogP contribution in [-0.2, 0) is 4.79 Å².